The minimum absolute atomic E-state index is 0.147. The van der Waals surface area contributed by atoms with Crippen molar-refractivity contribution in [2.75, 3.05) is 19.0 Å². The van der Waals surface area contributed by atoms with E-state index in [1.807, 2.05) is 97.1 Å². The van der Waals surface area contributed by atoms with Gasteiger partial charge >= 0.3 is 6.03 Å². The van der Waals surface area contributed by atoms with Crippen molar-refractivity contribution < 1.29 is 9.53 Å². The number of amides is 2. The molecule has 0 aromatic heterocycles. The highest BCUT2D eigenvalue weighted by Crippen LogP contribution is 2.16. The third kappa shape index (κ3) is 5.74. The molecular weight excluding hydrogens is 348 g/mol. The first-order chi connectivity index (χ1) is 13.7. The summed E-state index contributed by atoms with van der Waals surface area (Å²) in [5, 5.41) is 2.96. The number of anilines is 1. The first kappa shape index (κ1) is 19.2. The van der Waals surface area contributed by atoms with E-state index >= 15 is 0 Å². The van der Waals surface area contributed by atoms with Gasteiger partial charge in [0.25, 0.3) is 0 Å². The van der Waals surface area contributed by atoms with E-state index < -0.39 is 0 Å². The van der Waals surface area contributed by atoms with E-state index in [1.54, 1.807) is 12.0 Å². The second kappa shape index (κ2) is 9.97. The van der Waals surface area contributed by atoms with Crippen LogP contribution in [0.5, 0.6) is 5.75 Å². The quantitative estimate of drug-likeness (QED) is 0.600. The SMILES string of the molecule is COc1ccc(NC(=O)N(C/C=C/c2ccccc2)Cc2ccccc2)cc1. The van der Waals surface area contributed by atoms with Crippen LogP contribution in [0.1, 0.15) is 11.1 Å². The maximum atomic E-state index is 12.9. The van der Waals surface area contributed by atoms with Crippen molar-refractivity contribution in [3.63, 3.8) is 0 Å². The molecule has 0 bridgehead atoms. The van der Waals surface area contributed by atoms with Crippen LogP contribution in [-0.2, 0) is 6.54 Å². The molecule has 3 rings (SSSR count). The lowest BCUT2D eigenvalue weighted by Gasteiger charge is -2.22. The number of hydrogen-bond donors (Lipinski definition) is 1. The summed E-state index contributed by atoms with van der Waals surface area (Å²) in [6.45, 7) is 1.04. The maximum absolute atomic E-state index is 12.9. The number of hydrogen-bond acceptors (Lipinski definition) is 2. The molecule has 0 spiro atoms. The van der Waals surface area contributed by atoms with Crippen molar-refractivity contribution in [1.82, 2.24) is 4.90 Å². The van der Waals surface area contributed by atoms with E-state index in [0.717, 1.165) is 22.6 Å². The van der Waals surface area contributed by atoms with Crippen molar-refractivity contribution in [2.24, 2.45) is 0 Å². The highest BCUT2D eigenvalue weighted by Gasteiger charge is 2.13. The maximum Gasteiger partial charge on any atom is 0.322 e. The second-order valence-corrected chi connectivity index (χ2v) is 6.34. The van der Waals surface area contributed by atoms with Gasteiger partial charge in [0.15, 0.2) is 0 Å². The number of nitrogens with zero attached hydrogens (tertiary/aromatic N) is 1. The third-order valence-electron chi connectivity index (χ3n) is 4.28. The summed E-state index contributed by atoms with van der Waals surface area (Å²) < 4.78 is 5.16. The molecule has 0 saturated heterocycles. The molecule has 3 aromatic rings. The van der Waals surface area contributed by atoms with Crippen LogP contribution in [0, 0.1) is 0 Å². The van der Waals surface area contributed by atoms with E-state index in [2.05, 4.69) is 5.32 Å². The molecule has 3 aromatic carbocycles. The zero-order valence-corrected chi connectivity index (χ0v) is 15.9. The predicted octanol–water partition coefficient (Wildman–Crippen LogP) is 5.44. The molecule has 1 N–H and O–H groups in total. The van der Waals surface area contributed by atoms with Crippen molar-refractivity contribution >= 4 is 17.8 Å². The number of methoxy groups -OCH3 is 1. The summed E-state index contributed by atoms with van der Waals surface area (Å²) in [5.41, 5.74) is 2.93. The smallest absolute Gasteiger partial charge is 0.322 e. The Morgan fingerprint density at radius 2 is 1.57 bits per heavy atom. The van der Waals surface area contributed by atoms with Crippen molar-refractivity contribution in [3.05, 3.63) is 102 Å². The van der Waals surface area contributed by atoms with Crippen molar-refractivity contribution in [1.29, 1.82) is 0 Å². The minimum atomic E-state index is -0.147. The molecule has 0 fully saturated rings. The summed E-state index contributed by atoms with van der Waals surface area (Å²) in [7, 11) is 1.62. The lowest BCUT2D eigenvalue weighted by Crippen LogP contribution is -2.34. The van der Waals surface area contributed by atoms with Gasteiger partial charge in [0.2, 0.25) is 0 Å². The van der Waals surface area contributed by atoms with Crippen LogP contribution < -0.4 is 10.1 Å². The average Bonchev–Trinajstić information content (AvgIpc) is 2.75. The molecule has 0 aliphatic rings. The second-order valence-electron chi connectivity index (χ2n) is 6.34. The lowest BCUT2D eigenvalue weighted by atomic mass is 10.2. The normalized spacial score (nSPS) is 10.6. The highest BCUT2D eigenvalue weighted by atomic mass is 16.5. The fraction of sp³-hybridized carbons (Fsp3) is 0.125. The van der Waals surface area contributed by atoms with E-state index in [4.69, 9.17) is 4.74 Å². The molecule has 0 unspecified atom stereocenters. The van der Waals surface area contributed by atoms with E-state index in [-0.39, 0.29) is 6.03 Å². The van der Waals surface area contributed by atoms with Crippen LogP contribution in [0.2, 0.25) is 0 Å². The molecule has 0 atom stereocenters. The number of ether oxygens (including phenoxy) is 1. The van der Waals surface area contributed by atoms with Gasteiger partial charge in [-0.3, -0.25) is 0 Å². The first-order valence-corrected chi connectivity index (χ1v) is 9.20. The zero-order valence-electron chi connectivity index (χ0n) is 15.9. The fourth-order valence-electron chi connectivity index (χ4n) is 2.78. The monoisotopic (exact) mass is 372 g/mol. The van der Waals surface area contributed by atoms with Crippen molar-refractivity contribution in [3.8, 4) is 5.75 Å². The Labute approximate surface area is 166 Å². The van der Waals surface area contributed by atoms with Crippen molar-refractivity contribution in [2.45, 2.75) is 6.54 Å². The summed E-state index contributed by atoms with van der Waals surface area (Å²) in [6, 6.07) is 27.2. The molecule has 0 saturated carbocycles. The molecule has 4 nitrogen and oxygen atoms in total. The molecular formula is C24H24N2O2. The molecule has 0 heterocycles. The molecule has 2 amide bonds. The highest BCUT2D eigenvalue weighted by molar-refractivity contribution is 5.89. The van der Waals surface area contributed by atoms with Gasteiger partial charge in [-0.05, 0) is 35.4 Å². The van der Waals surface area contributed by atoms with Gasteiger partial charge < -0.3 is 15.0 Å². The molecule has 142 valence electrons. The van der Waals surface area contributed by atoms with Gasteiger partial charge in [-0.2, -0.15) is 0 Å². The van der Waals surface area contributed by atoms with E-state index in [0.29, 0.717) is 13.1 Å². The number of carbonyl (C=O) groups is 1. The van der Waals surface area contributed by atoms with E-state index in [9.17, 15) is 4.79 Å². The Hall–Kier alpha value is -3.53. The van der Waals surface area contributed by atoms with Crippen LogP contribution in [0.25, 0.3) is 6.08 Å². The van der Waals surface area contributed by atoms with E-state index in [1.165, 1.54) is 0 Å². The summed E-state index contributed by atoms with van der Waals surface area (Å²) >= 11 is 0. The molecule has 0 aliphatic carbocycles. The summed E-state index contributed by atoms with van der Waals surface area (Å²) in [6.07, 6.45) is 4.03. The number of carbonyl (C=O) groups excluding carboxylic acids is 1. The Kier molecular flexibility index (Phi) is 6.85. The third-order valence-corrected chi connectivity index (χ3v) is 4.28. The molecule has 4 heteroatoms. The number of rotatable bonds is 7. The standard InChI is InChI=1S/C24H24N2O2/c1-28-23-16-14-22(15-17-23)25-24(27)26(19-21-11-6-3-7-12-21)18-8-13-20-9-4-2-5-10-20/h2-17H,18-19H2,1H3,(H,25,27)/b13-8+. The summed E-state index contributed by atoms with van der Waals surface area (Å²) in [5.74, 6) is 0.755. The lowest BCUT2D eigenvalue weighted by molar-refractivity contribution is 0.215. The summed E-state index contributed by atoms with van der Waals surface area (Å²) in [4.78, 5) is 14.6. The van der Waals surface area contributed by atoms with Gasteiger partial charge in [0.05, 0.1) is 7.11 Å². The fourth-order valence-corrected chi connectivity index (χ4v) is 2.78. The van der Waals surface area contributed by atoms with Crippen LogP contribution in [0.3, 0.4) is 0 Å². The number of nitrogens with one attached hydrogen (secondary N) is 1. The van der Waals surface area contributed by atoms with Crippen LogP contribution >= 0.6 is 0 Å². The van der Waals surface area contributed by atoms with Crippen LogP contribution in [-0.4, -0.2) is 24.6 Å². The Balaban J connectivity index is 1.70. The van der Waals surface area contributed by atoms with Gasteiger partial charge in [-0.1, -0.05) is 72.8 Å². The van der Waals surface area contributed by atoms with Gasteiger partial charge in [-0.25, -0.2) is 4.79 Å². The minimum Gasteiger partial charge on any atom is -0.497 e. The predicted molar refractivity (Wildman–Crippen MR) is 114 cm³/mol. The first-order valence-electron chi connectivity index (χ1n) is 9.20. The number of benzene rings is 3. The van der Waals surface area contributed by atoms with Crippen LogP contribution in [0.4, 0.5) is 10.5 Å². The number of urea groups is 1. The zero-order chi connectivity index (χ0) is 19.6. The van der Waals surface area contributed by atoms with Gasteiger partial charge in [0.1, 0.15) is 5.75 Å². The molecule has 28 heavy (non-hydrogen) atoms. The molecule has 0 aliphatic heterocycles. The largest absolute Gasteiger partial charge is 0.497 e. The van der Waals surface area contributed by atoms with Crippen LogP contribution in [0.15, 0.2) is 91.0 Å². The Bertz CT molecular complexity index is 891. The average molecular weight is 372 g/mol. The Morgan fingerprint density at radius 1 is 0.929 bits per heavy atom. The topological polar surface area (TPSA) is 41.6 Å². The van der Waals surface area contributed by atoms with Gasteiger partial charge in [-0.15, -0.1) is 0 Å². The van der Waals surface area contributed by atoms with Gasteiger partial charge in [0, 0.05) is 18.8 Å². The Morgan fingerprint density at radius 3 is 2.21 bits per heavy atom. The molecule has 0 radical (unpaired) electrons.